The molecule has 14 heavy (non-hydrogen) atoms. The van der Waals surface area contributed by atoms with E-state index in [9.17, 15) is 13.2 Å². The minimum atomic E-state index is -4.23. The fourth-order valence-corrected chi connectivity index (χ4v) is 1.24. The molecule has 0 aliphatic heterocycles. The van der Waals surface area contributed by atoms with E-state index in [1.54, 1.807) is 14.0 Å². The minimum absolute atomic E-state index is 0.449. The molecule has 0 aliphatic carbocycles. The molecule has 0 aromatic carbocycles. The number of nitrogens with two attached hydrogens (primary N) is 1. The average molecular weight is 207 g/mol. The molecule has 0 unspecified atom stereocenters. The number of rotatable bonds is 2. The first-order valence-corrected chi connectivity index (χ1v) is 4.12. The van der Waals surface area contributed by atoms with E-state index >= 15 is 0 Å². The van der Waals surface area contributed by atoms with Crippen molar-refractivity contribution in [2.24, 2.45) is 12.8 Å². The summed E-state index contributed by atoms with van der Waals surface area (Å²) in [6, 6.07) is -1.02. The van der Waals surface area contributed by atoms with Gasteiger partial charge in [-0.3, -0.25) is 4.68 Å². The van der Waals surface area contributed by atoms with E-state index in [0.717, 1.165) is 0 Å². The first kappa shape index (κ1) is 11.0. The molecule has 3 nitrogen and oxygen atoms in total. The van der Waals surface area contributed by atoms with Gasteiger partial charge in [0.25, 0.3) is 0 Å². The van der Waals surface area contributed by atoms with Crippen LogP contribution >= 0.6 is 0 Å². The van der Waals surface area contributed by atoms with E-state index in [1.807, 2.05) is 0 Å². The lowest BCUT2D eigenvalue weighted by molar-refractivity contribution is -0.138. The zero-order chi connectivity index (χ0) is 10.9. The number of aromatic nitrogens is 2. The molecule has 0 saturated carbocycles. The Hall–Kier alpha value is -1.04. The Bertz CT molecular complexity index is 316. The molecule has 80 valence electrons. The molecule has 1 rings (SSSR count). The van der Waals surface area contributed by atoms with Gasteiger partial charge < -0.3 is 5.73 Å². The van der Waals surface area contributed by atoms with Crippen molar-refractivity contribution in [3.8, 4) is 0 Å². The van der Waals surface area contributed by atoms with E-state index in [1.165, 1.54) is 10.9 Å². The van der Waals surface area contributed by atoms with Crippen LogP contribution in [0, 0.1) is 6.92 Å². The molecule has 0 fully saturated rings. The summed E-state index contributed by atoms with van der Waals surface area (Å²) in [5.41, 5.74) is 6.54. The third-order valence-electron chi connectivity index (χ3n) is 2.12. The second kappa shape index (κ2) is 3.61. The van der Waals surface area contributed by atoms with Crippen LogP contribution in [0.2, 0.25) is 0 Å². The highest BCUT2D eigenvalue weighted by Crippen LogP contribution is 2.28. The van der Waals surface area contributed by atoms with Crippen LogP contribution in [-0.4, -0.2) is 16.0 Å². The van der Waals surface area contributed by atoms with Crippen molar-refractivity contribution in [2.75, 3.05) is 0 Å². The van der Waals surface area contributed by atoms with Gasteiger partial charge in [0, 0.05) is 24.3 Å². The van der Waals surface area contributed by atoms with Crippen molar-refractivity contribution in [3.05, 3.63) is 17.5 Å². The number of halogens is 3. The summed E-state index contributed by atoms with van der Waals surface area (Å²) in [6.45, 7) is 1.69. The average Bonchev–Trinajstić information content (AvgIpc) is 2.29. The van der Waals surface area contributed by atoms with Crippen molar-refractivity contribution in [1.82, 2.24) is 9.78 Å². The minimum Gasteiger partial charge on any atom is -0.324 e. The number of hydrogen-bond acceptors (Lipinski definition) is 2. The zero-order valence-electron chi connectivity index (χ0n) is 7.97. The normalized spacial score (nSPS) is 14.4. The van der Waals surface area contributed by atoms with E-state index in [0.29, 0.717) is 11.3 Å². The maximum absolute atomic E-state index is 12.0. The summed E-state index contributed by atoms with van der Waals surface area (Å²) < 4.78 is 37.6. The Kier molecular flexibility index (Phi) is 2.84. The number of aryl methyl sites for hydroxylation is 1. The molecule has 1 heterocycles. The Labute approximate surface area is 79.7 Å². The molecule has 6 heteroatoms. The molecule has 2 N–H and O–H groups in total. The molecule has 1 aromatic heterocycles. The van der Waals surface area contributed by atoms with E-state index < -0.39 is 18.6 Å². The zero-order valence-corrected chi connectivity index (χ0v) is 7.97. The molecule has 0 aliphatic rings. The summed E-state index contributed by atoms with van der Waals surface area (Å²) in [4.78, 5) is 0. The first-order valence-electron chi connectivity index (χ1n) is 4.12. The lowest BCUT2D eigenvalue weighted by Crippen LogP contribution is -2.20. The molecule has 1 aromatic rings. The highest BCUT2D eigenvalue weighted by Gasteiger charge is 2.31. The molecule has 0 saturated heterocycles. The van der Waals surface area contributed by atoms with Crippen LogP contribution in [0.25, 0.3) is 0 Å². The monoisotopic (exact) mass is 207 g/mol. The quantitative estimate of drug-likeness (QED) is 0.801. The number of hydrogen-bond donors (Lipinski definition) is 1. The van der Waals surface area contributed by atoms with Crippen LogP contribution in [0.4, 0.5) is 13.2 Å². The lowest BCUT2D eigenvalue weighted by atomic mass is 10.1. The van der Waals surface area contributed by atoms with Gasteiger partial charge in [-0.05, 0) is 6.92 Å². The maximum Gasteiger partial charge on any atom is 0.390 e. The number of nitrogens with zero attached hydrogens (tertiary/aromatic N) is 2. The smallest absolute Gasteiger partial charge is 0.324 e. The lowest BCUT2D eigenvalue weighted by Gasteiger charge is -2.13. The second-order valence-corrected chi connectivity index (χ2v) is 3.23. The summed E-state index contributed by atoms with van der Waals surface area (Å²) in [5, 5.41) is 3.84. The summed E-state index contributed by atoms with van der Waals surface area (Å²) in [7, 11) is 1.67. The highest BCUT2D eigenvalue weighted by atomic mass is 19.4. The second-order valence-electron chi connectivity index (χ2n) is 3.23. The van der Waals surface area contributed by atoms with Gasteiger partial charge in [-0.15, -0.1) is 0 Å². The Morgan fingerprint density at radius 3 is 2.50 bits per heavy atom. The predicted molar refractivity (Wildman–Crippen MR) is 45.5 cm³/mol. The topological polar surface area (TPSA) is 43.8 Å². The van der Waals surface area contributed by atoms with Gasteiger partial charge in [-0.1, -0.05) is 0 Å². The Morgan fingerprint density at radius 2 is 2.14 bits per heavy atom. The van der Waals surface area contributed by atoms with Crippen LogP contribution < -0.4 is 5.73 Å². The maximum atomic E-state index is 12.0. The van der Waals surface area contributed by atoms with E-state index in [-0.39, 0.29) is 0 Å². The van der Waals surface area contributed by atoms with Crippen molar-refractivity contribution in [2.45, 2.75) is 25.6 Å². The standard InChI is InChI=1S/C8H12F3N3/c1-5-6(4-13-14(5)2)7(12)3-8(9,10)11/h4,7H,3,12H2,1-2H3/t7-/m0/s1. The summed E-state index contributed by atoms with van der Waals surface area (Å²) >= 11 is 0. The van der Waals surface area contributed by atoms with Crippen molar-refractivity contribution in [3.63, 3.8) is 0 Å². The van der Waals surface area contributed by atoms with Gasteiger partial charge in [0.2, 0.25) is 0 Å². The summed E-state index contributed by atoms with van der Waals surface area (Å²) in [5.74, 6) is 0. The van der Waals surface area contributed by atoms with Crippen molar-refractivity contribution >= 4 is 0 Å². The van der Waals surface area contributed by atoms with Gasteiger partial charge in [0.15, 0.2) is 0 Å². The van der Waals surface area contributed by atoms with Crippen LogP contribution in [0.5, 0.6) is 0 Å². The van der Waals surface area contributed by atoms with E-state index in [2.05, 4.69) is 5.10 Å². The fourth-order valence-electron chi connectivity index (χ4n) is 1.24. The van der Waals surface area contributed by atoms with Crippen molar-refractivity contribution in [1.29, 1.82) is 0 Å². The molecular weight excluding hydrogens is 195 g/mol. The van der Waals surface area contributed by atoms with Gasteiger partial charge in [0.1, 0.15) is 0 Å². The molecule has 1 atom stereocenters. The third kappa shape index (κ3) is 2.47. The first-order chi connectivity index (χ1) is 6.31. The Morgan fingerprint density at radius 1 is 1.57 bits per heavy atom. The van der Waals surface area contributed by atoms with Gasteiger partial charge in [0.05, 0.1) is 12.6 Å². The van der Waals surface area contributed by atoms with Crippen LogP contribution in [0.3, 0.4) is 0 Å². The fraction of sp³-hybridized carbons (Fsp3) is 0.625. The van der Waals surface area contributed by atoms with Gasteiger partial charge in [-0.25, -0.2) is 0 Å². The molecular formula is C8H12F3N3. The van der Waals surface area contributed by atoms with E-state index in [4.69, 9.17) is 5.73 Å². The molecule has 0 amide bonds. The largest absolute Gasteiger partial charge is 0.390 e. The Balaban J connectivity index is 2.80. The predicted octanol–water partition coefficient (Wildman–Crippen LogP) is 1.68. The SMILES string of the molecule is Cc1c([C@@H](N)CC(F)(F)F)cnn1C. The third-order valence-corrected chi connectivity index (χ3v) is 2.12. The van der Waals surface area contributed by atoms with Crippen molar-refractivity contribution < 1.29 is 13.2 Å². The van der Waals surface area contributed by atoms with Gasteiger partial charge >= 0.3 is 6.18 Å². The van der Waals surface area contributed by atoms with Crippen LogP contribution in [0.1, 0.15) is 23.7 Å². The van der Waals surface area contributed by atoms with Gasteiger partial charge in [-0.2, -0.15) is 18.3 Å². The van der Waals surface area contributed by atoms with Crippen LogP contribution in [-0.2, 0) is 7.05 Å². The number of alkyl halides is 3. The highest BCUT2D eigenvalue weighted by molar-refractivity contribution is 5.20. The summed E-state index contributed by atoms with van der Waals surface area (Å²) in [6.07, 6.45) is -3.87. The molecule has 0 spiro atoms. The van der Waals surface area contributed by atoms with Crippen LogP contribution in [0.15, 0.2) is 6.20 Å². The molecule has 0 radical (unpaired) electrons. The molecule has 0 bridgehead atoms.